The molecular weight excluding hydrogens is 364 g/mol. The molecular formula is C25H24O2S. The predicted molar refractivity (Wildman–Crippen MR) is 117 cm³/mol. The van der Waals surface area contributed by atoms with Crippen LogP contribution < -0.4 is 0 Å². The Labute approximate surface area is 171 Å². The van der Waals surface area contributed by atoms with Crippen molar-refractivity contribution in [2.75, 3.05) is 0 Å². The Hall–Kier alpha value is -2.49. The first-order chi connectivity index (χ1) is 13.3. The lowest BCUT2D eigenvalue weighted by Crippen LogP contribution is -2.42. The first-order valence-corrected chi connectivity index (χ1v) is 9.93. The van der Waals surface area contributed by atoms with Gasteiger partial charge in [-0.05, 0) is 85.5 Å². The molecule has 2 aromatic carbocycles. The van der Waals surface area contributed by atoms with Crippen LogP contribution in [-0.4, -0.2) is 15.8 Å². The lowest BCUT2D eigenvalue weighted by Gasteiger charge is -2.41. The van der Waals surface area contributed by atoms with Gasteiger partial charge >= 0.3 is 0 Å². The van der Waals surface area contributed by atoms with Crippen molar-refractivity contribution in [1.82, 2.24) is 0 Å². The molecule has 1 unspecified atom stereocenters. The van der Waals surface area contributed by atoms with Gasteiger partial charge in [-0.25, -0.2) is 0 Å². The minimum atomic E-state index is -1.00. The fraction of sp³-hybridized carbons (Fsp3) is 0.240. The van der Waals surface area contributed by atoms with Crippen molar-refractivity contribution >= 4 is 17.3 Å². The van der Waals surface area contributed by atoms with Gasteiger partial charge in [0.1, 0.15) is 5.76 Å². The third-order valence-corrected chi connectivity index (χ3v) is 6.16. The van der Waals surface area contributed by atoms with Crippen LogP contribution in [0, 0.1) is 13.8 Å². The molecule has 2 nitrogen and oxygen atoms in total. The van der Waals surface area contributed by atoms with Crippen molar-refractivity contribution < 1.29 is 9.84 Å². The molecule has 1 atom stereocenters. The number of benzene rings is 2. The van der Waals surface area contributed by atoms with E-state index >= 15 is 0 Å². The van der Waals surface area contributed by atoms with Gasteiger partial charge in [0.2, 0.25) is 0 Å². The maximum absolute atomic E-state index is 10.4. The molecule has 1 heterocycles. The third-order valence-electron chi connectivity index (χ3n) is 5.73. The summed E-state index contributed by atoms with van der Waals surface area (Å²) in [6.45, 7) is 6.00. The lowest BCUT2D eigenvalue weighted by molar-refractivity contribution is 0.164. The van der Waals surface area contributed by atoms with Crippen molar-refractivity contribution in [1.29, 1.82) is 0 Å². The number of thiocarbonyl (C=S) groups is 1. The first-order valence-electron chi connectivity index (χ1n) is 9.52. The van der Waals surface area contributed by atoms with E-state index in [1.165, 1.54) is 11.1 Å². The molecule has 0 radical (unpaired) electrons. The van der Waals surface area contributed by atoms with Crippen molar-refractivity contribution in [2.24, 2.45) is 0 Å². The van der Waals surface area contributed by atoms with E-state index in [0.29, 0.717) is 11.5 Å². The highest BCUT2D eigenvalue weighted by molar-refractivity contribution is 7.80. The van der Waals surface area contributed by atoms with Crippen molar-refractivity contribution in [3.05, 3.63) is 106 Å². The van der Waals surface area contributed by atoms with Crippen LogP contribution in [0.5, 0.6) is 0 Å². The van der Waals surface area contributed by atoms with Gasteiger partial charge in [-0.2, -0.15) is 0 Å². The standard InChI is InChI=1S/C25H24O2S/c1-17-8-4-6-10-20(17)25(21-11-7-5-9-18(21)2)16-19-12-14-24(3,26)15-13-22(19)27-23(25)28/h4-15,26H,16H2,1-3H3. The maximum atomic E-state index is 10.4. The number of hydrogen-bond acceptors (Lipinski definition) is 3. The molecule has 3 heteroatoms. The molecule has 0 amide bonds. The lowest BCUT2D eigenvalue weighted by atomic mass is 9.67. The summed E-state index contributed by atoms with van der Waals surface area (Å²) in [4.78, 5) is 0. The van der Waals surface area contributed by atoms with E-state index in [4.69, 9.17) is 17.0 Å². The average molecular weight is 389 g/mol. The molecule has 0 saturated heterocycles. The number of ether oxygens (including phenoxy) is 1. The Balaban J connectivity index is 1.97. The SMILES string of the molecule is Cc1ccccc1C1(c2ccccc2C)CC2=C(C=CC(C)(O)C=C2)OC1=S. The maximum Gasteiger partial charge on any atom is 0.182 e. The molecule has 0 aromatic heterocycles. The molecule has 0 fully saturated rings. The fourth-order valence-electron chi connectivity index (χ4n) is 4.21. The van der Waals surface area contributed by atoms with Crippen LogP contribution in [0.15, 0.2) is 84.2 Å². The minimum Gasteiger partial charge on any atom is -0.449 e. The highest BCUT2D eigenvalue weighted by atomic mass is 32.1. The zero-order valence-electron chi connectivity index (χ0n) is 16.4. The van der Waals surface area contributed by atoms with Crippen LogP contribution in [0.3, 0.4) is 0 Å². The molecule has 28 heavy (non-hydrogen) atoms. The first kappa shape index (κ1) is 18.9. The van der Waals surface area contributed by atoms with E-state index in [0.717, 1.165) is 22.5 Å². The molecule has 0 bridgehead atoms. The number of aliphatic hydroxyl groups is 1. The Bertz CT molecular complexity index is 995. The normalized spacial score (nSPS) is 23.2. The Morgan fingerprint density at radius 2 is 1.43 bits per heavy atom. The van der Waals surface area contributed by atoms with Crippen LogP contribution in [-0.2, 0) is 10.2 Å². The zero-order chi connectivity index (χ0) is 19.9. The van der Waals surface area contributed by atoms with Crippen molar-refractivity contribution in [3.63, 3.8) is 0 Å². The number of hydrogen-bond donors (Lipinski definition) is 1. The van der Waals surface area contributed by atoms with E-state index in [-0.39, 0.29) is 0 Å². The summed E-state index contributed by atoms with van der Waals surface area (Å²) in [7, 11) is 0. The van der Waals surface area contributed by atoms with Gasteiger partial charge in [-0.3, -0.25) is 0 Å². The molecule has 0 spiro atoms. The topological polar surface area (TPSA) is 29.5 Å². The van der Waals surface area contributed by atoms with Crippen LogP contribution in [0.4, 0.5) is 0 Å². The summed E-state index contributed by atoms with van der Waals surface area (Å²) in [5.74, 6) is 0.719. The van der Waals surface area contributed by atoms with Crippen LogP contribution in [0.25, 0.3) is 0 Å². The molecule has 0 saturated carbocycles. The number of aryl methyl sites for hydroxylation is 2. The molecule has 1 aliphatic carbocycles. The van der Waals surface area contributed by atoms with Gasteiger partial charge in [0.05, 0.1) is 11.0 Å². The second kappa shape index (κ2) is 6.84. The Morgan fingerprint density at radius 1 is 0.893 bits per heavy atom. The second-order valence-electron chi connectivity index (χ2n) is 7.88. The van der Waals surface area contributed by atoms with E-state index in [2.05, 4.69) is 50.2 Å². The number of allylic oxidation sites excluding steroid dienone is 3. The van der Waals surface area contributed by atoms with Crippen LogP contribution in [0.1, 0.15) is 35.6 Å². The summed E-state index contributed by atoms with van der Waals surface area (Å²) in [6.07, 6.45) is 8.05. The third kappa shape index (κ3) is 3.05. The zero-order valence-corrected chi connectivity index (χ0v) is 17.2. The van der Waals surface area contributed by atoms with Gasteiger partial charge in [0.15, 0.2) is 5.05 Å². The quantitative estimate of drug-likeness (QED) is 0.692. The van der Waals surface area contributed by atoms with Gasteiger partial charge < -0.3 is 9.84 Å². The van der Waals surface area contributed by atoms with Crippen molar-refractivity contribution in [2.45, 2.75) is 38.2 Å². The second-order valence-corrected chi connectivity index (χ2v) is 8.25. The number of rotatable bonds is 2. The molecule has 1 aliphatic heterocycles. The van der Waals surface area contributed by atoms with E-state index in [1.807, 2.05) is 30.4 Å². The largest absolute Gasteiger partial charge is 0.449 e. The smallest absolute Gasteiger partial charge is 0.182 e. The molecule has 4 rings (SSSR count). The van der Waals surface area contributed by atoms with Crippen molar-refractivity contribution in [3.8, 4) is 0 Å². The molecule has 142 valence electrons. The van der Waals surface area contributed by atoms with Gasteiger partial charge in [0, 0.05) is 0 Å². The summed E-state index contributed by atoms with van der Waals surface area (Å²) >= 11 is 5.92. The summed E-state index contributed by atoms with van der Waals surface area (Å²) < 4.78 is 6.26. The van der Waals surface area contributed by atoms with Crippen LogP contribution in [0.2, 0.25) is 0 Å². The Kier molecular flexibility index (Phi) is 4.60. The van der Waals surface area contributed by atoms with E-state index in [1.54, 1.807) is 13.0 Å². The summed E-state index contributed by atoms with van der Waals surface area (Å²) in [5.41, 5.74) is 4.16. The highest BCUT2D eigenvalue weighted by Crippen LogP contribution is 2.47. The summed E-state index contributed by atoms with van der Waals surface area (Å²) in [6, 6.07) is 16.8. The molecule has 1 N–H and O–H groups in total. The summed E-state index contributed by atoms with van der Waals surface area (Å²) in [5, 5.41) is 11.0. The van der Waals surface area contributed by atoms with Gasteiger partial charge in [0.25, 0.3) is 0 Å². The fourth-order valence-corrected chi connectivity index (χ4v) is 4.59. The van der Waals surface area contributed by atoms with E-state index in [9.17, 15) is 5.11 Å². The van der Waals surface area contributed by atoms with Gasteiger partial charge in [-0.15, -0.1) is 0 Å². The van der Waals surface area contributed by atoms with Gasteiger partial charge in [-0.1, -0.05) is 54.6 Å². The van der Waals surface area contributed by atoms with E-state index < -0.39 is 11.0 Å². The molecule has 2 aromatic rings. The predicted octanol–water partition coefficient (Wildman–Crippen LogP) is 5.47. The highest BCUT2D eigenvalue weighted by Gasteiger charge is 2.46. The monoisotopic (exact) mass is 388 g/mol. The van der Waals surface area contributed by atoms with Crippen LogP contribution >= 0.6 is 12.2 Å². The Morgan fingerprint density at radius 3 is 2.00 bits per heavy atom. The average Bonchev–Trinajstić information content (AvgIpc) is 2.81. The molecule has 2 aliphatic rings. The minimum absolute atomic E-state index is 0.550.